The van der Waals surface area contributed by atoms with E-state index in [2.05, 4.69) is 16.4 Å². The van der Waals surface area contributed by atoms with Gasteiger partial charge in [0.1, 0.15) is 11.4 Å². The van der Waals surface area contributed by atoms with Crippen molar-refractivity contribution in [3.05, 3.63) is 23.9 Å². The van der Waals surface area contributed by atoms with Crippen LogP contribution in [0.15, 0.2) is 18.3 Å². The molecule has 0 unspecified atom stereocenters. The summed E-state index contributed by atoms with van der Waals surface area (Å²) in [5.74, 6) is 0.348. The Balaban J connectivity index is 1.49. The number of aromatic nitrogens is 1. The fourth-order valence-electron chi connectivity index (χ4n) is 3.63. The van der Waals surface area contributed by atoms with Crippen molar-refractivity contribution in [3.8, 4) is 6.07 Å². The lowest BCUT2D eigenvalue weighted by Crippen LogP contribution is -2.53. The lowest BCUT2D eigenvalue weighted by atomic mass is 10.00. The van der Waals surface area contributed by atoms with E-state index in [1.807, 2.05) is 9.80 Å². The van der Waals surface area contributed by atoms with Crippen molar-refractivity contribution in [2.45, 2.75) is 37.4 Å². The number of hydrogen-bond donors (Lipinski definition) is 1. The highest BCUT2D eigenvalue weighted by Crippen LogP contribution is 2.30. The van der Waals surface area contributed by atoms with Crippen LogP contribution in [0.4, 0.5) is 19.0 Å². The Morgan fingerprint density at radius 2 is 1.89 bits per heavy atom. The summed E-state index contributed by atoms with van der Waals surface area (Å²) in [5, 5.41) is 12.2. The van der Waals surface area contributed by atoms with E-state index in [1.165, 1.54) is 6.07 Å². The molecule has 1 aliphatic heterocycles. The molecule has 1 saturated heterocycles. The number of rotatable bonds is 4. The van der Waals surface area contributed by atoms with E-state index in [-0.39, 0.29) is 12.5 Å². The molecule has 0 aromatic carbocycles. The Bertz CT molecular complexity index is 699. The molecule has 1 aromatic rings. The van der Waals surface area contributed by atoms with Crippen LogP contribution in [0.2, 0.25) is 0 Å². The van der Waals surface area contributed by atoms with Crippen molar-refractivity contribution in [2.24, 2.45) is 0 Å². The molecule has 1 aliphatic carbocycles. The van der Waals surface area contributed by atoms with Gasteiger partial charge in [0.25, 0.3) is 0 Å². The summed E-state index contributed by atoms with van der Waals surface area (Å²) in [4.78, 5) is 20.1. The second-order valence-electron chi connectivity index (χ2n) is 7.12. The predicted octanol–water partition coefficient (Wildman–Crippen LogP) is 2.17. The van der Waals surface area contributed by atoms with Gasteiger partial charge in [-0.05, 0) is 37.8 Å². The average Bonchev–Trinajstić information content (AvgIpc) is 3.10. The first-order valence-corrected chi connectivity index (χ1v) is 9.04. The molecule has 1 saturated carbocycles. The summed E-state index contributed by atoms with van der Waals surface area (Å²) in [6, 6.07) is 4.65. The third kappa shape index (κ3) is 4.69. The molecule has 0 radical (unpaired) electrons. The first-order valence-electron chi connectivity index (χ1n) is 9.04. The van der Waals surface area contributed by atoms with Crippen LogP contribution >= 0.6 is 0 Å². The summed E-state index contributed by atoms with van der Waals surface area (Å²) in [5.41, 5.74) is -1.48. The molecule has 27 heavy (non-hydrogen) atoms. The fraction of sp³-hybridized carbons (Fsp3) is 0.611. The maximum atomic E-state index is 12.6. The zero-order chi connectivity index (χ0) is 19.5. The molecule has 0 spiro atoms. The summed E-state index contributed by atoms with van der Waals surface area (Å²) < 4.78 is 37.8. The summed E-state index contributed by atoms with van der Waals surface area (Å²) in [7, 11) is 0. The van der Waals surface area contributed by atoms with Crippen molar-refractivity contribution in [1.82, 2.24) is 15.2 Å². The molecule has 0 atom stereocenters. The maximum absolute atomic E-state index is 12.6. The largest absolute Gasteiger partial charge is 0.417 e. The van der Waals surface area contributed by atoms with Crippen LogP contribution in [0, 0.1) is 11.3 Å². The normalized spacial score (nSPS) is 20.3. The smallest absolute Gasteiger partial charge is 0.354 e. The maximum Gasteiger partial charge on any atom is 0.417 e. The number of carbonyl (C=O) groups is 1. The Kier molecular flexibility index (Phi) is 5.56. The number of nitrogens with one attached hydrogen (secondary N) is 1. The molecule has 1 aromatic heterocycles. The van der Waals surface area contributed by atoms with Gasteiger partial charge in [-0.1, -0.05) is 0 Å². The summed E-state index contributed by atoms with van der Waals surface area (Å²) in [6.07, 6.45) is -0.250. The van der Waals surface area contributed by atoms with E-state index in [9.17, 15) is 23.2 Å². The molecule has 2 fully saturated rings. The minimum Gasteiger partial charge on any atom is -0.354 e. The number of halogens is 3. The van der Waals surface area contributed by atoms with E-state index in [0.717, 1.165) is 25.1 Å². The highest BCUT2D eigenvalue weighted by atomic mass is 19.4. The number of anilines is 1. The second kappa shape index (κ2) is 7.72. The van der Waals surface area contributed by atoms with Crippen LogP contribution in [-0.2, 0) is 11.0 Å². The Hall–Kier alpha value is -2.34. The number of carbonyl (C=O) groups excluding carboxylic acids is 1. The minimum atomic E-state index is -4.39. The number of nitrogens with zero attached hydrogens (tertiary/aromatic N) is 4. The van der Waals surface area contributed by atoms with Crippen LogP contribution in [0.1, 0.15) is 31.2 Å². The molecular weight excluding hydrogens is 359 g/mol. The highest BCUT2D eigenvalue weighted by Gasteiger charge is 2.36. The summed E-state index contributed by atoms with van der Waals surface area (Å²) >= 11 is 0. The quantitative estimate of drug-likeness (QED) is 0.866. The number of hydrogen-bond acceptors (Lipinski definition) is 5. The molecule has 6 nitrogen and oxygen atoms in total. The zero-order valence-electron chi connectivity index (χ0n) is 14.9. The van der Waals surface area contributed by atoms with Crippen molar-refractivity contribution < 1.29 is 18.0 Å². The molecular formula is C18H22F3N5O. The lowest BCUT2D eigenvalue weighted by molar-refractivity contribution is -0.137. The van der Waals surface area contributed by atoms with Crippen molar-refractivity contribution in [3.63, 3.8) is 0 Å². The van der Waals surface area contributed by atoms with E-state index < -0.39 is 17.3 Å². The predicted molar refractivity (Wildman–Crippen MR) is 92.8 cm³/mol. The number of amides is 1. The van der Waals surface area contributed by atoms with Gasteiger partial charge in [-0.3, -0.25) is 9.69 Å². The lowest BCUT2D eigenvalue weighted by Gasteiger charge is -2.35. The molecule has 0 bridgehead atoms. The molecule has 2 heterocycles. The van der Waals surface area contributed by atoms with Gasteiger partial charge in [0.15, 0.2) is 0 Å². The highest BCUT2D eigenvalue weighted by molar-refractivity contribution is 5.79. The van der Waals surface area contributed by atoms with Gasteiger partial charge in [0.2, 0.25) is 5.91 Å². The van der Waals surface area contributed by atoms with E-state index >= 15 is 0 Å². The van der Waals surface area contributed by atoms with Gasteiger partial charge >= 0.3 is 6.18 Å². The molecule has 146 valence electrons. The van der Waals surface area contributed by atoms with Gasteiger partial charge < -0.3 is 10.2 Å². The van der Waals surface area contributed by atoms with Crippen LogP contribution in [0.5, 0.6) is 0 Å². The second-order valence-corrected chi connectivity index (χ2v) is 7.12. The SMILES string of the molecule is N#CC1(NC(=O)CN2CCN(c3ccc(C(F)(F)F)cn3)CC2)CCCC1. The van der Waals surface area contributed by atoms with Gasteiger partial charge in [-0.25, -0.2) is 4.98 Å². The topological polar surface area (TPSA) is 72.3 Å². The Morgan fingerprint density at radius 3 is 2.41 bits per heavy atom. The van der Waals surface area contributed by atoms with E-state index in [1.54, 1.807) is 0 Å². The Labute approximate surface area is 156 Å². The minimum absolute atomic E-state index is 0.153. The van der Waals surface area contributed by atoms with Crippen LogP contribution in [0.25, 0.3) is 0 Å². The van der Waals surface area contributed by atoms with Gasteiger partial charge in [-0.15, -0.1) is 0 Å². The molecule has 9 heteroatoms. The third-order valence-corrected chi connectivity index (χ3v) is 5.19. The molecule has 3 rings (SSSR count). The fourth-order valence-corrected chi connectivity index (χ4v) is 3.63. The van der Waals surface area contributed by atoms with Gasteiger partial charge in [0, 0.05) is 32.4 Å². The van der Waals surface area contributed by atoms with Gasteiger partial charge in [-0.2, -0.15) is 18.4 Å². The Morgan fingerprint density at radius 1 is 1.22 bits per heavy atom. The summed E-state index contributed by atoms with van der Waals surface area (Å²) in [6.45, 7) is 2.59. The van der Waals surface area contributed by atoms with Crippen LogP contribution in [0.3, 0.4) is 0 Å². The van der Waals surface area contributed by atoms with Crippen molar-refractivity contribution in [2.75, 3.05) is 37.6 Å². The third-order valence-electron chi connectivity index (χ3n) is 5.19. The first kappa shape index (κ1) is 19.4. The van der Waals surface area contributed by atoms with Crippen molar-refractivity contribution in [1.29, 1.82) is 5.26 Å². The van der Waals surface area contributed by atoms with E-state index in [0.29, 0.717) is 44.8 Å². The standard InChI is InChI=1S/C18H22F3N5O/c19-18(20,21)14-3-4-15(23-11-14)26-9-7-25(8-10-26)12-16(27)24-17(13-22)5-1-2-6-17/h3-4,11H,1-2,5-10,12H2,(H,24,27). The molecule has 1 N–H and O–H groups in total. The monoisotopic (exact) mass is 381 g/mol. The van der Waals surface area contributed by atoms with Crippen LogP contribution in [-0.4, -0.2) is 54.1 Å². The van der Waals surface area contributed by atoms with E-state index in [4.69, 9.17) is 0 Å². The molecule has 1 amide bonds. The number of piperazine rings is 1. The zero-order valence-corrected chi connectivity index (χ0v) is 14.9. The number of nitriles is 1. The first-order chi connectivity index (χ1) is 12.8. The molecule has 2 aliphatic rings. The van der Waals surface area contributed by atoms with Gasteiger partial charge in [0.05, 0.1) is 18.2 Å². The van der Waals surface area contributed by atoms with Crippen LogP contribution < -0.4 is 10.2 Å². The number of alkyl halides is 3. The number of pyridine rings is 1. The average molecular weight is 381 g/mol. The van der Waals surface area contributed by atoms with Crippen molar-refractivity contribution >= 4 is 11.7 Å².